The van der Waals surface area contributed by atoms with Crippen LogP contribution in [0.2, 0.25) is 0 Å². The van der Waals surface area contributed by atoms with Crippen molar-refractivity contribution < 1.29 is 0 Å². The molecule has 15 rings (SSSR count). The summed E-state index contributed by atoms with van der Waals surface area (Å²) >= 11 is 0. The number of fused-ring (bicyclic) bond motifs is 3. The lowest BCUT2D eigenvalue weighted by atomic mass is 9.98. The topological polar surface area (TPSA) is 116 Å². The largest absolute Gasteiger partial charge is 0.208 e. The maximum atomic E-state index is 5.21. The molecule has 14 aromatic rings. The number of rotatable bonds is 12. The second-order valence-corrected chi connectivity index (χ2v) is 21.5. The maximum absolute atomic E-state index is 5.21. The van der Waals surface area contributed by atoms with Crippen molar-refractivity contribution in [3.63, 3.8) is 0 Å². The monoisotopic (exact) mass is 1100 g/mol. The van der Waals surface area contributed by atoms with Crippen molar-refractivity contribution in [2.75, 3.05) is 0 Å². The average molecular weight is 1100 g/mol. The molecule has 0 bridgehead atoms. The fourth-order valence-corrected chi connectivity index (χ4v) is 11.2. The van der Waals surface area contributed by atoms with Crippen LogP contribution in [0.25, 0.3) is 147 Å². The molecule has 0 amide bonds. The lowest BCUT2D eigenvalue weighted by Crippen LogP contribution is -2.00. The van der Waals surface area contributed by atoms with Gasteiger partial charge in [-0.15, -0.1) is 0 Å². The number of aryl methyl sites for hydroxylation is 1. The van der Waals surface area contributed by atoms with Crippen LogP contribution in [0.1, 0.15) is 16.7 Å². The molecule has 0 radical (unpaired) electrons. The first-order valence-corrected chi connectivity index (χ1v) is 28.7. The van der Waals surface area contributed by atoms with Gasteiger partial charge in [-0.3, -0.25) is 0 Å². The standard InChI is InChI=1S/C77H51N9/c1-49-25-27-58(28-26-49)72-79-73(59-37-33-51(34-38-59)50-15-6-2-7-16-50)81-74(80-72)60-39-35-53(36-40-60)52-29-31-54(32-30-52)61-23-14-24-62(45-61)75-82-71(57-21-12-5-13-22-57)85-77(86-75)64-42-44-68-66(47-64)48-65-46-63(41-43-67(65)68)76-83-69(55-17-8-3-9-18-55)78-70(84-76)56-19-10-4-11-20-56/h2-47H,48H2,1H3. The third-order valence-electron chi connectivity index (χ3n) is 15.8. The molecule has 404 valence electrons. The first-order chi connectivity index (χ1) is 42.4. The van der Waals surface area contributed by atoms with Crippen molar-refractivity contribution in [2.24, 2.45) is 0 Å². The Balaban J connectivity index is 0.698. The summed E-state index contributed by atoms with van der Waals surface area (Å²) in [6.07, 6.45) is 0.743. The average Bonchev–Trinajstić information content (AvgIpc) is 3.39. The molecule has 9 heteroatoms. The Hall–Kier alpha value is -11.6. The van der Waals surface area contributed by atoms with Gasteiger partial charge in [-0.25, -0.2) is 44.9 Å². The smallest absolute Gasteiger partial charge is 0.164 e. The minimum atomic E-state index is 0.597. The summed E-state index contributed by atoms with van der Waals surface area (Å²) in [5.41, 5.74) is 20.9. The Morgan fingerprint density at radius 3 is 0.756 bits per heavy atom. The van der Waals surface area contributed by atoms with Gasteiger partial charge in [0.05, 0.1) is 0 Å². The zero-order chi connectivity index (χ0) is 57.3. The molecule has 0 atom stereocenters. The van der Waals surface area contributed by atoms with E-state index >= 15 is 0 Å². The molecule has 0 N–H and O–H groups in total. The van der Waals surface area contributed by atoms with Gasteiger partial charge in [0.15, 0.2) is 52.4 Å². The number of hydrogen-bond donors (Lipinski definition) is 0. The van der Waals surface area contributed by atoms with E-state index in [1.54, 1.807) is 0 Å². The van der Waals surface area contributed by atoms with Crippen LogP contribution in [0, 0.1) is 6.92 Å². The van der Waals surface area contributed by atoms with Crippen molar-refractivity contribution >= 4 is 0 Å². The quantitative estimate of drug-likeness (QED) is 0.118. The van der Waals surface area contributed by atoms with Crippen LogP contribution in [0.4, 0.5) is 0 Å². The van der Waals surface area contributed by atoms with Crippen LogP contribution in [-0.4, -0.2) is 44.9 Å². The Kier molecular flexibility index (Phi) is 13.3. The van der Waals surface area contributed by atoms with Gasteiger partial charge in [-0.05, 0) is 87.2 Å². The van der Waals surface area contributed by atoms with Crippen molar-refractivity contribution in [2.45, 2.75) is 13.3 Å². The van der Waals surface area contributed by atoms with E-state index in [-0.39, 0.29) is 0 Å². The Morgan fingerprint density at radius 2 is 0.407 bits per heavy atom. The lowest BCUT2D eigenvalue weighted by Gasteiger charge is -2.11. The van der Waals surface area contributed by atoms with Crippen molar-refractivity contribution in [1.29, 1.82) is 0 Å². The van der Waals surface area contributed by atoms with Crippen molar-refractivity contribution in [3.05, 3.63) is 296 Å². The van der Waals surface area contributed by atoms with Gasteiger partial charge in [0, 0.05) is 50.1 Å². The first-order valence-electron chi connectivity index (χ1n) is 28.7. The molecular formula is C77H51N9. The number of nitrogens with zero attached hydrogens (tertiary/aromatic N) is 9. The molecule has 0 fully saturated rings. The fraction of sp³-hybridized carbons (Fsp3) is 0.0260. The van der Waals surface area contributed by atoms with Gasteiger partial charge in [-0.1, -0.05) is 266 Å². The highest BCUT2D eigenvalue weighted by Gasteiger charge is 2.23. The van der Waals surface area contributed by atoms with Crippen LogP contribution in [0.3, 0.4) is 0 Å². The van der Waals surface area contributed by atoms with E-state index in [0.29, 0.717) is 52.4 Å². The predicted molar refractivity (Wildman–Crippen MR) is 345 cm³/mol. The third-order valence-corrected chi connectivity index (χ3v) is 15.8. The summed E-state index contributed by atoms with van der Waals surface area (Å²) in [6.45, 7) is 2.08. The summed E-state index contributed by atoms with van der Waals surface area (Å²) in [5, 5.41) is 0. The number of hydrogen-bond acceptors (Lipinski definition) is 9. The molecule has 1 aliphatic rings. The Labute approximate surface area is 498 Å². The third kappa shape index (κ3) is 10.4. The minimum Gasteiger partial charge on any atom is -0.208 e. The van der Waals surface area contributed by atoms with Gasteiger partial charge < -0.3 is 0 Å². The summed E-state index contributed by atoms with van der Waals surface area (Å²) in [5.74, 6) is 5.59. The molecule has 1 aliphatic carbocycles. The molecule has 11 aromatic carbocycles. The predicted octanol–water partition coefficient (Wildman–Crippen LogP) is 18.1. The van der Waals surface area contributed by atoms with Gasteiger partial charge >= 0.3 is 0 Å². The summed E-state index contributed by atoms with van der Waals surface area (Å²) in [6, 6.07) is 96.1. The van der Waals surface area contributed by atoms with Crippen LogP contribution in [-0.2, 0) is 6.42 Å². The zero-order valence-corrected chi connectivity index (χ0v) is 46.8. The first kappa shape index (κ1) is 51.3. The molecule has 3 aromatic heterocycles. The lowest BCUT2D eigenvalue weighted by molar-refractivity contribution is 1.07. The van der Waals surface area contributed by atoms with E-state index in [1.807, 2.05) is 97.1 Å². The highest BCUT2D eigenvalue weighted by atomic mass is 15.1. The van der Waals surface area contributed by atoms with Crippen molar-refractivity contribution in [1.82, 2.24) is 44.9 Å². The molecule has 3 heterocycles. The van der Waals surface area contributed by atoms with Crippen LogP contribution < -0.4 is 0 Å². The van der Waals surface area contributed by atoms with E-state index in [2.05, 4.69) is 189 Å². The maximum Gasteiger partial charge on any atom is 0.164 e. The summed E-state index contributed by atoms with van der Waals surface area (Å²) < 4.78 is 0. The molecule has 0 spiro atoms. The van der Waals surface area contributed by atoms with Crippen LogP contribution in [0.15, 0.2) is 279 Å². The van der Waals surface area contributed by atoms with Crippen molar-refractivity contribution in [3.8, 4) is 147 Å². The molecule has 86 heavy (non-hydrogen) atoms. The summed E-state index contributed by atoms with van der Waals surface area (Å²) in [4.78, 5) is 45.5. The van der Waals surface area contributed by atoms with Crippen LogP contribution >= 0.6 is 0 Å². The van der Waals surface area contributed by atoms with E-state index in [9.17, 15) is 0 Å². The summed E-state index contributed by atoms with van der Waals surface area (Å²) in [7, 11) is 0. The number of aromatic nitrogens is 9. The van der Waals surface area contributed by atoms with E-state index in [1.165, 1.54) is 27.8 Å². The molecular weight excluding hydrogens is 1050 g/mol. The van der Waals surface area contributed by atoms with Gasteiger partial charge in [0.2, 0.25) is 0 Å². The SMILES string of the molecule is Cc1ccc(-c2nc(-c3ccc(-c4ccccc4)cc3)nc(-c3ccc(-c4ccc(-c5cccc(-c6nc(-c7ccccc7)nc(-c7ccc8c(c7)Cc7cc(-c9nc(-c%10ccccc%10)nc(-c%10ccccc%10)n9)ccc7-8)n6)c5)cc4)cc3)n2)cc1. The fourth-order valence-electron chi connectivity index (χ4n) is 11.2. The minimum absolute atomic E-state index is 0.597. The molecule has 0 saturated heterocycles. The second kappa shape index (κ2) is 22.3. The molecule has 0 saturated carbocycles. The van der Waals surface area contributed by atoms with Gasteiger partial charge in [0.1, 0.15) is 0 Å². The Bertz CT molecular complexity index is 4730. The second-order valence-electron chi connectivity index (χ2n) is 21.5. The Morgan fingerprint density at radius 1 is 0.186 bits per heavy atom. The van der Waals surface area contributed by atoms with Gasteiger partial charge in [-0.2, -0.15) is 0 Å². The van der Waals surface area contributed by atoms with E-state index < -0.39 is 0 Å². The van der Waals surface area contributed by atoms with Gasteiger partial charge in [0.25, 0.3) is 0 Å². The van der Waals surface area contributed by atoms with E-state index in [0.717, 1.165) is 89.9 Å². The van der Waals surface area contributed by atoms with Crippen LogP contribution in [0.5, 0.6) is 0 Å². The zero-order valence-electron chi connectivity index (χ0n) is 46.8. The molecule has 0 aliphatic heterocycles. The molecule has 9 nitrogen and oxygen atoms in total. The van der Waals surface area contributed by atoms with E-state index in [4.69, 9.17) is 44.9 Å². The highest BCUT2D eigenvalue weighted by molar-refractivity contribution is 5.83. The number of benzene rings is 11. The molecule has 0 unspecified atom stereocenters. The normalized spacial score (nSPS) is 11.5. The highest BCUT2D eigenvalue weighted by Crippen LogP contribution is 2.41.